The van der Waals surface area contributed by atoms with Crippen LogP contribution in [-0.2, 0) is 0 Å². The van der Waals surface area contributed by atoms with Crippen LogP contribution in [0, 0.1) is 18.2 Å². The second kappa shape index (κ2) is 7.23. The van der Waals surface area contributed by atoms with Gasteiger partial charge in [0.2, 0.25) is 0 Å². The summed E-state index contributed by atoms with van der Waals surface area (Å²) in [6.45, 7) is 3.42. The molecular weight excluding hydrogens is 449 g/mol. The first-order valence-corrected chi connectivity index (χ1v) is 10.6. The van der Waals surface area contributed by atoms with Gasteiger partial charge in [-0.15, -0.1) is 0 Å². The van der Waals surface area contributed by atoms with E-state index in [4.69, 9.17) is 3.83 Å². The lowest BCUT2D eigenvalue weighted by atomic mass is 9.57. The van der Waals surface area contributed by atoms with E-state index in [0.717, 1.165) is 18.5 Å². The number of carbonyl (C=O) groups is 1. The number of para-hydroxylation sites is 1. The third kappa shape index (κ3) is 3.12. The number of carbonyl (C=O) groups excluding carboxylic acids is 1. The lowest BCUT2D eigenvalue weighted by Crippen LogP contribution is -2.63. The van der Waals surface area contributed by atoms with E-state index >= 15 is 0 Å². The number of hydrogen-bond acceptors (Lipinski definition) is 3. The number of benzene rings is 2. The monoisotopic (exact) mass is 469 g/mol. The molecule has 1 saturated heterocycles. The zero-order valence-electron chi connectivity index (χ0n) is 16.5. The van der Waals surface area contributed by atoms with E-state index < -0.39 is 5.82 Å². The van der Waals surface area contributed by atoms with Crippen LogP contribution in [0.25, 0.3) is 5.69 Å². The van der Waals surface area contributed by atoms with E-state index in [1.165, 1.54) is 29.5 Å². The van der Waals surface area contributed by atoms with E-state index in [-0.39, 0.29) is 16.9 Å². The van der Waals surface area contributed by atoms with Gasteiger partial charge in [0, 0.05) is 36.3 Å². The Labute approximate surface area is 182 Å². The van der Waals surface area contributed by atoms with Gasteiger partial charge in [-0.05, 0) is 55.7 Å². The average molecular weight is 470 g/mol. The number of halogens is 2. The van der Waals surface area contributed by atoms with Crippen LogP contribution in [0.4, 0.5) is 4.39 Å². The summed E-state index contributed by atoms with van der Waals surface area (Å²) in [5.41, 5.74) is 3.70. The number of nitrogens with zero attached hydrogens (tertiary/aromatic N) is 3. The summed E-state index contributed by atoms with van der Waals surface area (Å²) in [4.78, 5) is 14.5. The maximum atomic E-state index is 14.1. The second-order valence-corrected chi connectivity index (χ2v) is 8.76. The van der Waals surface area contributed by atoms with Gasteiger partial charge in [-0.1, -0.05) is 18.2 Å². The predicted octanol–water partition coefficient (Wildman–Crippen LogP) is 5.03. The lowest BCUT2D eigenvalue weighted by molar-refractivity contribution is -0.0567. The van der Waals surface area contributed by atoms with Crippen molar-refractivity contribution in [2.45, 2.75) is 25.7 Å². The molecular formula is C23H21BrFN3O2. The van der Waals surface area contributed by atoms with E-state index in [9.17, 15) is 9.18 Å². The molecule has 30 heavy (non-hydrogen) atoms. The molecule has 1 aromatic heterocycles. The summed E-state index contributed by atoms with van der Waals surface area (Å²) in [5, 5.41) is 4.55. The topological polar surface area (TPSA) is 47.4 Å². The van der Waals surface area contributed by atoms with Gasteiger partial charge in [0.05, 0.1) is 11.3 Å². The van der Waals surface area contributed by atoms with Crippen LogP contribution in [-0.4, -0.2) is 33.7 Å². The number of likely N-dealkylation sites (tertiary alicyclic amines) is 1. The molecule has 1 aliphatic heterocycles. The molecule has 2 aromatic carbocycles. The van der Waals surface area contributed by atoms with Gasteiger partial charge < -0.3 is 8.73 Å². The number of aryl methyl sites for hydroxylation is 1. The van der Waals surface area contributed by atoms with Gasteiger partial charge in [-0.2, -0.15) is 5.10 Å². The van der Waals surface area contributed by atoms with Gasteiger partial charge in [0.15, 0.2) is 16.3 Å². The van der Waals surface area contributed by atoms with Crippen LogP contribution in [0.2, 0.25) is 0 Å². The van der Waals surface area contributed by atoms with Crippen molar-refractivity contribution in [1.82, 2.24) is 14.7 Å². The maximum absolute atomic E-state index is 14.1. The Morgan fingerprint density at radius 2 is 1.97 bits per heavy atom. The zero-order chi connectivity index (χ0) is 20.9. The van der Waals surface area contributed by atoms with Crippen molar-refractivity contribution >= 4 is 22.2 Å². The van der Waals surface area contributed by atoms with Crippen LogP contribution in [0.3, 0.4) is 0 Å². The Balaban J connectivity index is 1.26. The third-order valence-corrected chi connectivity index (χ3v) is 6.76. The minimum absolute atomic E-state index is 0.0512. The SMILES string of the molecule is Cc1ccccc1-n1nccc1C1CC2(C1)CN(C(=O)c1cc(OBr)ccc1F)C2. The van der Waals surface area contributed by atoms with Crippen LogP contribution in [0.1, 0.15) is 40.4 Å². The molecule has 2 aliphatic rings. The predicted molar refractivity (Wildman–Crippen MR) is 115 cm³/mol. The van der Waals surface area contributed by atoms with Crippen molar-refractivity contribution < 1.29 is 13.0 Å². The fraction of sp³-hybridized carbons (Fsp3) is 0.304. The van der Waals surface area contributed by atoms with Crippen LogP contribution in [0.15, 0.2) is 54.7 Å². The second-order valence-electron chi connectivity index (χ2n) is 8.44. The Morgan fingerprint density at radius 3 is 2.70 bits per heavy atom. The Hall–Kier alpha value is -2.67. The molecule has 2 fully saturated rings. The normalized spacial score (nSPS) is 17.5. The van der Waals surface area contributed by atoms with Gasteiger partial charge in [0.25, 0.3) is 5.91 Å². The van der Waals surface area contributed by atoms with E-state index in [0.29, 0.717) is 24.8 Å². The first-order valence-electron chi connectivity index (χ1n) is 9.97. The number of aromatic nitrogens is 2. The maximum Gasteiger partial charge on any atom is 0.257 e. The molecule has 3 aromatic rings. The van der Waals surface area contributed by atoms with Gasteiger partial charge in [0.1, 0.15) is 11.6 Å². The highest BCUT2D eigenvalue weighted by Crippen LogP contribution is 2.56. The third-order valence-electron chi connectivity index (χ3n) is 6.39. The number of hydrogen-bond donors (Lipinski definition) is 0. The molecule has 5 rings (SSSR count). The Kier molecular flexibility index (Phi) is 4.65. The van der Waals surface area contributed by atoms with Gasteiger partial charge in [-0.3, -0.25) is 4.79 Å². The van der Waals surface area contributed by atoms with Crippen molar-refractivity contribution in [3.63, 3.8) is 0 Å². The highest BCUT2D eigenvalue weighted by atomic mass is 79.9. The summed E-state index contributed by atoms with van der Waals surface area (Å²) in [7, 11) is 0. The van der Waals surface area contributed by atoms with Crippen LogP contribution in [0.5, 0.6) is 5.75 Å². The van der Waals surface area contributed by atoms with Gasteiger partial charge >= 0.3 is 0 Å². The van der Waals surface area contributed by atoms with E-state index in [1.54, 1.807) is 4.90 Å². The minimum Gasteiger partial charge on any atom is -0.418 e. The summed E-state index contributed by atoms with van der Waals surface area (Å²) in [6.07, 6.45) is 3.88. The molecule has 5 nitrogen and oxygen atoms in total. The molecule has 0 atom stereocenters. The fourth-order valence-corrected chi connectivity index (χ4v) is 5.07. The highest BCUT2D eigenvalue weighted by molar-refractivity contribution is 9.06. The first-order chi connectivity index (χ1) is 14.5. The summed E-state index contributed by atoms with van der Waals surface area (Å²) < 4.78 is 21.1. The van der Waals surface area contributed by atoms with E-state index in [1.807, 2.05) is 23.0 Å². The number of amides is 1. The summed E-state index contributed by atoms with van der Waals surface area (Å²) >= 11 is 2.87. The summed E-state index contributed by atoms with van der Waals surface area (Å²) in [5.74, 6) is 0.0233. The summed E-state index contributed by atoms with van der Waals surface area (Å²) in [6, 6.07) is 14.5. The van der Waals surface area contributed by atoms with Crippen LogP contribution >= 0.6 is 16.3 Å². The van der Waals surface area contributed by atoms with Crippen molar-refractivity contribution in [3.05, 3.63) is 77.4 Å². The largest absolute Gasteiger partial charge is 0.418 e. The number of rotatable bonds is 4. The first kappa shape index (κ1) is 19.3. The van der Waals surface area contributed by atoms with Crippen molar-refractivity contribution in [1.29, 1.82) is 0 Å². The highest BCUT2D eigenvalue weighted by Gasteiger charge is 2.54. The van der Waals surface area contributed by atoms with Crippen LogP contribution < -0.4 is 3.83 Å². The lowest BCUT2D eigenvalue weighted by Gasteiger charge is -2.59. The Morgan fingerprint density at radius 1 is 1.20 bits per heavy atom. The molecule has 0 radical (unpaired) electrons. The van der Waals surface area contributed by atoms with E-state index in [2.05, 4.69) is 46.5 Å². The van der Waals surface area contributed by atoms with Crippen molar-refractivity contribution in [2.75, 3.05) is 13.1 Å². The van der Waals surface area contributed by atoms with Gasteiger partial charge in [-0.25, -0.2) is 9.07 Å². The molecule has 0 unspecified atom stereocenters. The minimum atomic E-state index is -0.525. The molecule has 2 heterocycles. The molecule has 1 saturated carbocycles. The average Bonchev–Trinajstić information content (AvgIpc) is 3.15. The fourth-order valence-electron chi connectivity index (χ4n) is 4.87. The quantitative estimate of drug-likeness (QED) is 0.538. The molecule has 0 N–H and O–H groups in total. The van der Waals surface area contributed by atoms with Crippen molar-refractivity contribution in [3.8, 4) is 11.4 Å². The van der Waals surface area contributed by atoms with Crippen molar-refractivity contribution in [2.24, 2.45) is 5.41 Å². The zero-order valence-corrected chi connectivity index (χ0v) is 18.1. The Bertz CT molecular complexity index is 1120. The standard InChI is InChI=1S/C23H21BrFN3O2/c1-15-4-2-3-5-20(15)28-21(8-9-26-28)16-11-23(12-16)13-27(14-23)22(29)18-10-17(30-24)6-7-19(18)25/h2-10,16H,11-14H2,1H3. The molecule has 7 heteroatoms. The molecule has 1 aliphatic carbocycles. The molecule has 1 amide bonds. The smallest absolute Gasteiger partial charge is 0.257 e. The molecule has 0 bridgehead atoms. The molecule has 1 spiro atoms. The molecule has 154 valence electrons.